The van der Waals surface area contributed by atoms with E-state index in [1.807, 2.05) is 5.32 Å². The molecule has 0 saturated heterocycles. The zero-order chi connectivity index (χ0) is 15.8. The second kappa shape index (κ2) is 5.09. The summed E-state index contributed by atoms with van der Waals surface area (Å²) in [5, 5.41) is 11.8. The van der Waals surface area contributed by atoms with Gasteiger partial charge in [0.05, 0.1) is 11.1 Å². The fourth-order valence-corrected chi connectivity index (χ4v) is 1.72. The van der Waals surface area contributed by atoms with Crippen LogP contribution >= 0.6 is 0 Å². The van der Waals surface area contributed by atoms with E-state index >= 15 is 0 Å². The number of aliphatic hydroxyl groups is 1. The Labute approximate surface area is 115 Å². The van der Waals surface area contributed by atoms with Gasteiger partial charge in [-0.25, -0.2) is 0 Å². The van der Waals surface area contributed by atoms with Crippen molar-refractivity contribution >= 4 is 5.91 Å². The lowest BCUT2D eigenvalue weighted by atomic mass is 9.90. The number of carbonyl (C=O) groups is 1. The molecule has 0 radical (unpaired) electrons. The van der Waals surface area contributed by atoms with E-state index in [4.69, 9.17) is 0 Å². The van der Waals surface area contributed by atoms with E-state index < -0.39 is 23.2 Å². The normalized spacial score (nSPS) is 13.2. The van der Waals surface area contributed by atoms with Gasteiger partial charge < -0.3 is 10.4 Å². The highest BCUT2D eigenvalue weighted by Crippen LogP contribution is 2.26. The van der Waals surface area contributed by atoms with E-state index in [2.05, 4.69) is 0 Å². The quantitative estimate of drug-likeness (QED) is 0.899. The number of hydrogen-bond acceptors (Lipinski definition) is 2. The molecule has 0 atom stereocenters. The van der Waals surface area contributed by atoms with Gasteiger partial charge in [0.25, 0.3) is 0 Å². The first-order chi connectivity index (χ1) is 8.84. The Morgan fingerprint density at radius 3 is 1.75 bits per heavy atom. The molecule has 0 aliphatic carbocycles. The minimum absolute atomic E-state index is 0.517. The van der Waals surface area contributed by atoms with Gasteiger partial charge in [-0.05, 0) is 38.8 Å². The number of hydrogen-bond donors (Lipinski definition) is 2. The fraction of sp³-hybridized carbons (Fsp3) is 0.500. The van der Waals surface area contributed by atoms with Crippen LogP contribution in [0, 0.1) is 0 Å². The average Bonchev–Trinajstić information content (AvgIpc) is 2.26. The van der Waals surface area contributed by atoms with Crippen LogP contribution in [0.4, 0.5) is 13.2 Å². The van der Waals surface area contributed by atoms with Crippen molar-refractivity contribution in [2.24, 2.45) is 0 Å². The summed E-state index contributed by atoms with van der Waals surface area (Å²) >= 11 is 0. The molecule has 0 aliphatic rings. The summed E-state index contributed by atoms with van der Waals surface area (Å²) in [4.78, 5) is 11.0. The Hall–Kier alpha value is -1.56. The predicted octanol–water partition coefficient (Wildman–Crippen LogP) is 2.83. The number of halogens is 3. The average molecular weight is 289 g/mol. The van der Waals surface area contributed by atoms with Crippen LogP contribution in [0.3, 0.4) is 0 Å². The van der Waals surface area contributed by atoms with Crippen LogP contribution in [-0.2, 0) is 15.9 Å². The van der Waals surface area contributed by atoms with Crippen LogP contribution in [0.2, 0.25) is 0 Å². The van der Waals surface area contributed by atoms with E-state index in [1.54, 1.807) is 38.1 Å². The molecule has 1 rings (SSSR count). The topological polar surface area (TPSA) is 49.3 Å². The summed E-state index contributed by atoms with van der Waals surface area (Å²) in [6.07, 6.45) is -4.91. The summed E-state index contributed by atoms with van der Waals surface area (Å²) in [5.74, 6) is -1.98. The lowest BCUT2D eigenvalue weighted by molar-refractivity contribution is -0.175. The maximum atomic E-state index is 12.3. The van der Waals surface area contributed by atoms with Gasteiger partial charge in [-0.2, -0.15) is 13.2 Å². The Morgan fingerprint density at radius 2 is 1.40 bits per heavy atom. The van der Waals surface area contributed by atoms with Crippen molar-refractivity contribution in [2.75, 3.05) is 0 Å². The highest BCUT2D eigenvalue weighted by Gasteiger charge is 2.41. The third-order valence-electron chi connectivity index (χ3n) is 3.00. The minimum Gasteiger partial charge on any atom is -0.386 e. The molecular weight excluding hydrogens is 271 g/mol. The summed E-state index contributed by atoms with van der Waals surface area (Å²) in [6, 6.07) is 6.42. The molecule has 0 heterocycles. The van der Waals surface area contributed by atoms with Crippen LogP contribution in [-0.4, -0.2) is 17.2 Å². The van der Waals surface area contributed by atoms with Gasteiger partial charge in [-0.3, -0.25) is 4.79 Å². The number of benzene rings is 1. The summed E-state index contributed by atoms with van der Waals surface area (Å²) in [7, 11) is 0. The lowest BCUT2D eigenvalue weighted by Gasteiger charge is -2.28. The molecule has 6 heteroatoms. The molecule has 0 saturated carbocycles. The molecule has 3 nitrogen and oxygen atoms in total. The van der Waals surface area contributed by atoms with E-state index in [9.17, 15) is 23.1 Å². The van der Waals surface area contributed by atoms with Gasteiger partial charge in [-0.1, -0.05) is 24.3 Å². The summed E-state index contributed by atoms with van der Waals surface area (Å²) < 4.78 is 36.8. The largest absolute Gasteiger partial charge is 0.471 e. The van der Waals surface area contributed by atoms with Gasteiger partial charge in [0.2, 0.25) is 0 Å². The maximum absolute atomic E-state index is 12.3. The zero-order valence-corrected chi connectivity index (χ0v) is 11.8. The van der Waals surface area contributed by atoms with E-state index in [1.165, 1.54) is 13.8 Å². The number of rotatable bonds is 3. The van der Waals surface area contributed by atoms with E-state index in [0.29, 0.717) is 11.1 Å². The van der Waals surface area contributed by atoms with Crippen molar-refractivity contribution in [3.8, 4) is 0 Å². The Kier molecular flexibility index (Phi) is 4.20. The third-order valence-corrected chi connectivity index (χ3v) is 3.00. The third kappa shape index (κ3) is 3.96. The highest BCUT2D eigenvalue weighted by atomic mass is 19.4. The van der Waals surface area contributed by atoms with Crippen molar-refractivity contribution in [2.45, 2.75) is 45.0 Å². The molecule has 1 amide bonds. The molecular formula is C14H18F3NO2. The molecule has 0 aliphatic heterocycles. The second-order valence-electron chi connectivity index (χ2n) is 5.71. The fourth-order valence-electron chi connectivity index (χ4n) is 1.72. The van der Waals surface area contributed by atoms with Gasteiger partial charge in [0.15, 0.2) is 0 Å². The molecule has 1 aromatic carbocycles. The van der Waals surface area contributed by atoms with Crippen molar-refractivity contribution in [3.63, 3.8) is 0 Å². The standard InChI is InChI=1S/C14H18F3NO2/c1-12(2,18-11(19)14(15,16)17)9-5-7-10(8-6-9)13(3,4)20/h5-8,20H,1-4H3,(H,18,19). The highest BCUT2D eigenvalue weighted by molar-refractivity contribution is 5.82. The van der Waals surface area contributed by atoms with E-state index in [0.717, 1.165) is 0 Å². The van der Waals surface area contributed by atoms with Gasteiger partial charge in [-0.15, -0.1) is 0 Å². The summed E-state index contributed by atoms with van der Waals surface area (Å²) in [5.41, 5.74) is -1.04. The second-order valence-corrected chi connectivity index (χ2v) is 5.71. The van der Waals surface area contributed by atoms with Crippen LogP contribution in [0.5, 0.6) is 0 Å². The SMILES string of the molecule is CC(C)(O)c1ccc(C(C)(C)NC(=O)C(F)(F)F)cc1. The van der Waals surface area contributed by atoms with E-state index in [-0.39, 0.29) is 0 Å². The number of nitrogens with one attached hydrogen (secondary N) is 1. The van der Waals surface area contributed by atoms with Gasteiger partial charge in [0.1, 0.15) is 0 Å². The number of amides is 1. The van der Waals surface area contributed by atoms with Crippen molar-refractivity contribution in [1.82, 2.24) is 5.32 Å². The Bertz CT molecular complexity index is 485. The van der Waals surface area contributed by atoms with Crippen molar-refractivity contribution < 1.29 is 23.1 Å². The molecule has 112 valence electrons. The molecule has 0 bridgehead atoms. The number of carbonyl (C=O) groups excluding carboxylic acids is 1. The molecule has 20 heavy (non-hydrogen) atoms. The first-order valence-corrected chi connectivity index (χ1v) is 6.07. The van der Waals surface area contributed by atoms with Crippen LogP contribution in [0.1, 0.15) is 38.8 Å². The lowest BCUT2D eigenvalue weighted by Crippen LogP contribution is -2.47. The first-order valence-electron chi connectivity index (χ1n) is 6.07. The molecule has 0 fully saturated rings. The molecule has 0 unspecified atom stereocenters. The molecule has 0 aromatic heterocycles. The van der Waals surface area contributed by atoms with Gasteiger partial charge in [0, 0.05) is 0 Å². The molecule has 1 aromatic rings. The Balaban J connectivity index is 2.96. The maximum Gasteiger partial charge on any atom is 0.471 e. The number of alkyl halides is 3. The smallest absolute Gasteiger partial charge is 0.386 e. The Morgan fingerprint density at radius 1 is 1.00 bits per heavy atom. The van der Waals surface area contributed by atoms with Crippen LogP contribution in [0.25, 0.3) is 0 Å². The van der Waals surface area contributed by atoms with Crippen molar-refractivity contribution in [1.29, 1.82) is 0 Å². The van der Waals surface area contributed by atoms with Gasteiger partial charge >= 0.3 is 12.1 Å². The predicted molar refractivity (Wildman–Crippen MR) is 68.9 cm³/mol. The minimum atomic E-state index is -4.91. The van der Waals surface area contributed by atoms with Crippen LogP contribution < -0.4 is 5.32 Å². The molecule has 2 N–H and O–H groups in total. The van der Waals surface area contributed by atoms with Crippen LogP contribution in [0.15, 0.2) is 24.3 Å². The molecule has 0 spiro atoms. The first kappa shape index (κ1) is 16.5. The van der Waals surface area contributed by atoms with Crippen molar-refractivity contribution in [3.05, 3.63) is 35.4 Å². The monoisotopic (exact) mass is 289 g/mol. The zero-order valence-electron chi connectivity index (χ0n) is 11.8. The summed E-state index contributed by atoms with van der Waals surface area (Å²) in [6.45, 7) is 6.18.